The molecule has 8 nitrogen and oxygen atoms in total. The number of carbonyl (C=O) groups excluding carboxylic acids is 1. The molecule has 9 heteroatoms. The first-order valence-corrected chi connectivity index (χ1v) is 40.5. The molecular formula is C77H155N2O6P. The number of aliphatic hydroxyl groups is 1. The van der Waals surface area contributed by atoms with Crippen LogP contribution in [0, 0.1) is 0 Å². The fraction of sp³-hybridized carbons (Fsp3) is 0.961. The second kappa shape index (κ2) is 68.6. The zero-order valence-electron chi connectivity index (χ0n) is 59.1. The number of nitrogens with zero attached hydrogens (tertiary/aromatic N) is 1. The summed E-state index contributed by atoms with van der Waals surface area (Å²) in [6.07, 6.45) is 89.0. The predicted molar refractivity (Wildman–Crippen MR) is 376 cm³/mol. The fourth-order valence-corrected chi connectivity index (χ4v) is 13.2. The third-order valence-corrected chi connectivity index (χ3v) is 19.5. The molecule has 0 aliphatic heterocycles. The summed E-state index contributed by atoms with van der Waals surface area (Å²) < 4.78 is 23.6. The maximum atomic E-state index is 13.1. The van der Waals surface area contributed by atoms with Crippen molar-refractivity contribution in [2.45, 2.75) is 437 Å². The highest BCUT2D eigenvalue weighted by molar-refractivity contribution is 7.45. The summed E-state index contributed by atoms with van der Waals surface area (Å²) in [7, 11) is 1.33. The number of hydrogen-bond donors (Lipinski definition) is 2. The molecule has 0 aromatic rings. The second-order valence-corrected chi connectivity index (χ2v) is 29.8. The Balaban J connectivity index is 3.92. The smallest absolute Gasteiger partial charge is 0.268 e. The number of aliphatic hydroxyl groups excluding tert-OH is 1. The maximum absolute atomic E-state index is 13.1. The molecule has 0 fully saturated rings. The summed E-state index contributed by atoms with van der Waals surface area (Å²) in [5, 5.41) is 14.1. The van der Waals surface area contributed by atoms with E-state index >= 15 is 0 Å². The van der Waals surface area contributed by atoms with Gasteiger partial charge in [0.1, 0.15) is 13.2 Å². The SMILES string of the molecule is CCCCCCCCCC/C=C\CCCCCCCCCCCCCCCCCCCCCCCC(=O)NC(COP(=O)([O-])OCC[N+](C)(C)C)C(O)CCCCCCCCCCCCCCCCCCCCCCCCCCCCCCCCC. The van der Waals surface area contributed by atoms with Crippen molar-refractivity contribution in [3.05, 3.63) is 12.2 Å². The molecule has 86 heavy (non-hydrogen) atoms. The summed E-state index contributed by atoms with van der Waals surface area (Å²) >= 11 is 0. The Bertz CT molecular complexity index is 1410. The number of allylic oxidation sites excluding steroid dienone is 2. The molecule has 0 saturated heterocycles. The van der Waals surface area contributed by atoms with Gasteiger partial charge in [0.05, 0.1) is 39.9 Å². The third kappa shape index (κ3) is 70.7. The Hall–Kier alpha value is -0.760. The van der Waals surface area contributed by atoms with E-state index in [1.807, 2.05) is 21.1 Å². The van der Waals surface area contributed by atoms with Crippen LogP contribution in [0.3, 0.4) is 0 Å². The monoisotopic (exact) mass is 1240 g/mol. The Kier molecular flexibility index (Phi) is 68.0. The number of carbonyl (C=O) groups is 1. The first-order chi connectivity index (χ1) is 42.0. The highest BCUT2D eigenvalue weighted by Gasteiger charge is 2.24. The third-order valence-electron chi connectivity index (χ3n) is 18.5. The van der Waals surface area contributed by atoms with E-state index in [1.165, 1.54) is 360 Å². The summed E-state index contributed by atoms with van der Waals surface area (Å²) in [6.45, 7) is 4.80. The first kappa shape index (κ1) is 85.2. The van der Waals surface area contributed by atoms with E-state index in [4.69, 9.17) is 9.05 Å². The van der Waals surface area contributed by atoms with Crippen LogP contribution in [0.2, 0.25) is 0 Å². The molecule has 3 unspecified atom stereocenters. The van der Waals surface area contributed by atoms with Gasteiger partial charge in [0.25, 0.3) is 7.82 Å². The maximum Gasteiger partial charge on any atom is 0.268 e. The molecule has 3 atom stereocenters. The molecule has 0 aliphatic rings. The number of rotatable bonds is 74. The van der Waals surface area contributed by atoms with E-state index in [0.717, 1.165) is 38.5 Å². The molecule has 0 aliphatic carbocycles. The van der Waals surface area contributed by atoms with Crippen molar-refractivity contribution in [1.82, 2.24) is 5.32 Å². The first-order valence-electron chi connectivity index (χ1n) is 39.0. The van der Waals surface area contributed by atoms with Crippen LogP contribution in [0.1, 0.15) is 425 Å². The summed E-state index contributed by atoms with van der Waals surface area (Å²) in [5.74, 6) is -0.153. The zero-order chi connectivity index (χ0) is 62.6. The second-order valence-electron chi connectivity index (χ2n) is 28.4. The van der Waals surface area contributed by atoms with Crippen LogP contribution in [0.4, 0.5) is 0 Å². The van der Waals surface area contributed by atoms with E-state index in [0.29, 0.717) is 23.9 Å². The molecule has 0 spiro atoms. The van der Waals surface area contributed by atoms with Crippen molar-refractivity contribution in [3.63, 3.8) is 0 Å². The minimum Gasteiger partial charge on any atom is -0.756 e. The number of nitrogens with one attached hydrogen (secondary N) is 1. The molecule has 0 rings (SSSR count). The van der Waals surface area contributed by atoms with E-state index in [1.54, 1.807) is 0 Å². The lowest BCUT2D eigenvalue weighted by atomic mass is 10.0. The average molecular weight is 1240 g/mol. The quantitative estimate of drug-likeness (QED) is 0.0272. The van der Waals surface area contributed by atoms with E-state index in [-0.39, 0.29) is 19.1 Å². The van der Waals surface area contributed by atoms with Gasteiger partial charge in [-0.1, -0.05) is 392 Å². The van der Waals surface area contributed by atoms with Crippen LogP contribution in [0.25, 0.3) is 0 Å². The number of quaternary nitrogens is 1. The zero-order valence-corrected chi connectivity index (χ0v) is 60.0. The van der Waals surface area contributed by atoms with Gasteiger partial charge in [0.2, 0.25) is 5.91 Å². The van der Waals surface area contributed by atoms with Crippen molar-refractivity contribution < 1.29 is 32.9 Å². The molecule has 0 aromatic carbocycles. The van der Waals surface area contributed by atoms with Gasteiger partial charge in [-0.2, -0.15) is 0 Å². The van der Waals surface area contributed by atoms with Gasteiger partial charge >= 0.3 is 0 Å². The van der Waals surface area contributed by atoms with Crippen molar-refractivity contribution in [1.29, 1.82) is 0 Å². The molecule has 2 N–H and O–H groups in total. The minimum absolute atomic E-state index is 0.0162. The number of unbranched alkanes of at least 4 members (excludes halogenated alkanes) is 59. The highest BCUT2D eigenvalue weighted by atomic mass is 31.2. The van der Waals surface area contributed by atoms with Gasteiger partial charge in [-0.25, -0.2) is 0 Å². The van der Waals surface area contributed by atoms with Crippen molar-refractivity contribution in [2.75, 3.05) is 40.9 Å². The summed E-state index contributed by atoms with van der Waals surface area (Å²) in [6, 6.07) is -0.799. The molecule has 514 valence electrons. The normalized spacial score (nSPS) is 13.5. The van der Waals surface area contributed by atoms with Crippen LogP contribution in [-0.2, 0) is 18.4 Å². The standard InChI is InChI=1S/C77H155N2O6P/c1-6-8-10-12-14-16-18-20-22-24-26-28-30-32-34-36-38-39-41-43-45-47-49-51-53-55-57-59-61-63-65-67-69-71-77(81)78-75(74-85-86(82,83)84-73-72-79(3,4)5)76(80)70-68-66-64-62-60-58-56-54-52-50-48-46-44-42-40-37-35-33-31-29-27-25-23-21-19-17-15-13-11-9-7-2/h24,26,75-76,80H,6-23,25,27-74H2,1-5H3,(H-,78,81,82,83)/b26-24-. The molecule has 0 aromatic heterocycles. The Morgan fingerprint density at radius 3 is 0.907 bits per heavy atom. The molecular weight excluding hydrogens is 1080 g/mol. The lowest BCUT2D eigenvalue weighted by Gasteiger charge is -2.30. The molecule has 0 radical (unpaired) electrons. The van der Waals surface area contributed by atoms with Gasteiger partial charge < -0.3 is 28.8 Å². The highest BCUT2D eigenvalue weighted by Crippen LogP contribution is 2.38. The van der Waals surface area contributed by atoms with Crippen LogP contribution in [-0.4, -0.2) is 68.5 Å². The predicted octanol–water partition coefficient (Wildman–Crippen LogP) is 24.6. The number of hydrogen-bond acceptors (Lipinski definition) is 6. The summed E-state index contributed by atoms with van der Waals surface area (Å²) in [5.41, 5.74) is 0. The van der Waals surface area contributed by atoms with Crippen molar-refractivity contribution in [3.8, 4) is 0 Å². The largest absolute Gasteiger partial charge is 0.756 e. The number of amides is 1. The van der Waals surface area contributed by atoms with Gasteiger partial charge in [-0.3, -0.25) is 9.36 Å². The Labute approximate surface area is 539 Å². The Morgan fingerprint density at radius 2 is 0.640 bits per heavy atom. The summed E-state index contributed by atoms with van der Waals surface area (Å²) in [4.78, 5) is 25.7. The lowest BCUT2D eigenvalue weighted by molar-refractivity contribution is -0.870. The molecule has 0 saturated carbocycles. The van der Waals surface area contributed by atoms with E-state index in [2.05, 4.69) is 31.3 Å². The topological polar surface area (TPSA) is 108 Å². The van der Waals surface area contributed by atoms with Gasteiger partial charge in [0.15, 0.2) is 0 Å². The number of likely N-dealkylation sites (N-methyl/N-ethyl adjacent to an activating group) is 1. The van der Waals surface area contributed by atoms with Gasteiger partial charge in [-0.15, -0.1) is 0 Å². The average Bonchev–Trinajstić information content (AvgIpc) is 3.70. The van der Waals surface area contributed by atoms with E-state index in [9.17, 15) is 19.4 Å². The lowest BCUT2D eigenvalue weighted by Crippen LogP contribution is -2.46. The van der Waals surface area contributed by atoms with Crippen molar-refractivity contribution >= 4 is 13.7 Å². The van der Waals surface area contributed by atoms with Crippen LogP contribution in [0.15, 0.2) is 12.2 Å². The number of phosphoric acid groups is 1. The molecule has 0 heterocycles. The Morgan fingerprint density at radius 1 is 0.395 bits per heavy atom. The van der Waals surface area contributed by atoms with Crippen LogP contribution in [0.5, 0.6) is 0 Å². The van der Waals surface area contributed by atoms with Crippen LogP contribution < -0.4 is 10.2 Å². The van der Waals surface area contributed by atoms with Gasteiger partial charge in [0, 0.05) is 6.42 Å². The number of phosphoric ester groups is 1. The molecule has 1 amide bonds. The van der Waals surface area contributed by atoms with Crippen LogP contribution >= 0.6 is 7.82 Å². The van der Waals surface area contributed by atoms with E-state index < -0.39 is 20.0 Å². The van der Waals surface area contributed by atoms with Gasteiger partial charge in [-0.05, 0) is 38.5 Å². The molecule has 0 bridgehead atoms. The van der Waals surface area contributed by atoms with Crippen molar-refractivity contribution in [2.24, 2.45) is 0 Å². The fourth-order valence-electron chi connectivity index (χ4n) is 12.5. The minimum atomic E-state index is -4.58.